The lowest BCUT2D eigenvalue weighted by atomic mass is 10.0. The number of hydrogen-bond acceptors (Lipinski definition) is 4. The third-order valence-electron chi connectivity index (χ3n) is 4.14. The number of ether oxygens (including phenoxy) is 2. The van der Waals surface area contributed by atoms with E-state index in [-0.39, 0.29) is 16.9 Å². The van der Waals surface area contributed by atoms with E-state index in [0.717, 1.165) is 10.2 Å². The molecule has 0 saturated heterocycles. The minimum atomic E-state index is -4.67. The molecule has 1 heterocycles. The van der Waals surface area contributed by atoms with E-state index >= 15 is 0 Å². The van der Waals surface area contributed by atoms with E-state index in [9.17, 15) is 13.2 Å². The van der Waals surface area contributed by atoms with Gasteiger partial charge in [0.15, 0.2) is 17.2 Å². The second-order valence-electron chi connectivity index (χ2n) is 5.92. The summed E-state index contributed by atoms with van der Waals surface area (Å²) in [6, 6.07) is 11.3. The van der Waals surface area contributed by atoms with Crippen LogP contribution in [0.3, 0.4) is 0 Å². The van der Waals surface area contributed by atoms with Crippen molar-refractivity contribution in [1.29, 1.82) is 0 Å². The molecule has 3 rings (SSSR count). The average Bonchev–Trinajstić information content (AvgIpc) is 2.99. The maximum absolute atomic E-state index is 13.6. The average molecular weight is 377 g/mol. The summed E-state index contributed by atoms with van der Waals surface area (Å²) in [6.07, 6.45) is -4.67. The Hall–Kier alpha value is -3.16. The lowest BCUT2D eigenvalue weighted by Crippen LogP contribution is -2.08. The maximum atomic E-state index is 13.6. The van der Waals surface area contributed by atoms with Crippen molar-refractivity contribution in [3.05, 3.63) is 53.7 Å². The van der Waals surface area contributed by atoms with Crippen molar-refractivity contribution in [3.8, 4) is 28.3 Å². The number of halogens is 3. The molecular formula is C19H18F3N3O2. The molecule has 27 heavy (non-hydrogen) atoms. The molecule has 2 N–H and O–H groups in total. The molecule has 0 spiro atoms. The molecule has 0 amide bonds. The van der Waals surface area contributed by atoms with E-state index in [2.05, 4.69) is 5.10 Å². The molecular weight excluding hydrogens is 359 g/mol. The van der Waals surface area contributed by atoms with E-state index in [1.807, 2.05) is 6.92 Å². The zero-order chi connectivity index (χ0) is 19.8. The fraction of sp³-hybridized carbons (Fsp3) is 0.211. The van der Waals surface area contributed by atoms with Crippen molar-refractivity contribution in [2.45, 2.75) is 13.1 Å². The first kappa shape index (κ1) is 18.6. The molecule has 0 fully saturated rings. The number of hydrogen-bond donors (Lipinski definition) is 1. The summed E-state index contributed by atoms with van der Waals surface area (Å²) in [7, 11) is 2.85. The minimum absolute atomic E-state index is 0.113. The van der Waals surface area contributed by atoms with Crippen LogP contribution in [0.15, 0.2) is 42.5 Å². The molecule has 0 unspecified atom stereocenters. The topological polar surface area (TPSA) is 62.3 Å². The fourth-order valence-electron chi connectivity index (χ4n) is 2.79. The molecule has 0 aliphatic rings. The summed E-state index contributed by atoms with van der Waals surface area (Å²) in [4.78, 5) is 0. The highest BCUT2D eigenvalue weighted by Gasteiger charge is 2.39. The predicted molar refractivity (Wildman–Crippen MR) is 96.3 cm³/mol. The minimum Gasteiger partial charge on any atom is -0.493 e. The van der Waals surface area contributed by atoms with Gasteiger partial charge in [-0.25, -0.2) is 4.68 Å². The fourth-order valence-corrected chi connectivity index (χ4v) is 2.79. The van der Waals surface area contributed by atoms with Crippen LogP contribution in [0, 0.1) is 6.92 Å². The lowest BCUT2D eigenvalue weighted by molar-refractivity contribution is -0.140. The van der Waals surface area contributed by atoms with Crippen LogP contribution in [0.1, 0.15) is 11.3 Å². The molecule has 8 heteroatoms. The highest BCUT2D eigenvalue weighted by atomic mass is 19.4. The quantitative estimate of drug-likeness (QED) is 0.729. The Morgan fingerprint density at radius 2 is 1.59 bits per heavy atom. The van der Waals surface area contributed by atoms with Gasteiger partial charge in [0, 0.05) is 0 Å². The van der Waals surface area contributed by atoms with Gasteiger partial charge >= 0.3 is 6.18 Å². The highest BCUT2D eigenvalue weighted by molar-refractivity contribution is 5.80. The maximum Gasteiger partial charge on any atom is 0.435 e. The second-order valence-corrected chi connectivity index (χ2v) is 5.92. The van der Waals surface area contributed by atoms with Crippen LogP contribution < -0.4 is 15.2 Å². The predicted octanol–water partition coefficient (Wildman–Crippen LogP) is 4.47. The summed E-state index contributed by atoms with van der Waals surface area (Å²) >= 11 is 0. The van der Waals surface area contributed by atoms with Crippen molar-refractivity contribution < 1.29 is 22.6 Å². The number of nitrogens with zero attached hydrogens (tertiary/aromatic N) is 2. The Morgan fingerprint density at radius 3 is 2.15 bits per heavy atom. The molecule has 0 aliphatic carbocycles. The van der Waals surface area contributed by atoms with E-state index < -0.39 is 11.9 Å². The summed E-state index contributed by atoms with van der Waals surface area (Å²) in [6.45, 7) is 1.88. The first-order valence-corrected chi connectivity index (χ1v) is 8.01. The second kappa shape index (κ2) is 6.86. The summed E-state index contributed by atoms with van der Waals surface area (Å²) < 4.78 is 52.4. The van der Waals surface area contributed by atoms with Crippen molar-refractivity contribution in [3.63, 3.8) is 0 Å². The van der Waals surface area contributed by atoms with Crippen molar-refractivity contribution in [2.24, 2.45) is 0 Å². The summed E-state index contributed by atoms with van der Waals surface area (Å²) in [5.41, 5.74) is 6.47. The SMILES string of the molecule is COc1ccc(-c2c(C(F)(F)F)nn(-c3ccc(C)cc3)c2N)cc1OC. The van der Waals surface area contributed by atoms with Gasteiger partial charge in [0.05, 0.1) is 25.5 Å². The van der Waals surface area contributed by atoms with Gasteiger partial charge < -0.3 is 15.2 Å². The Balaban J connectivity index is 2.24. The zero-order valence-corrected chi connectivity index (χ0v) is 15.0. The van der Waals surface area contributed by atoms with Crippen LogP contribution in [0.5, 0.6) is 11.5 Å². The van der Waals surface area contributed by atoms with Crippen LogP contribution in [0.2, 0.25) is 0 Å². The number of benzene rings is 2. The third-order valence-corrected chi connectivity index (χ3v) is 4.14. The largest absolute Gasteiger partial charge is 0.493 e. The molecule has 3 aromatic rings. The molecule has 0 atom stereocenters. The first-order chi connectivity index (χ1) is 12.8. The van der Waals surface area contributed by atoms with Crippen molar-refractivity contribution >= 4 is 5.82 Å². The monoisotopic (exact) mass is 377 g/mol. The Labute approximate surface area is 154 Å². The highest BCUT2D eigenvalue weighted by Crippen LogP contribution is 2.42. The van der Waals surface area contributed by atoms with Crippen LogP contribution in [0.4, 0.5) is 19.0 Å². The normalized spacial score (nSPS) is 11.5. The Kier molecular flexibility index (Phi) is 4.73. The molecule has 5 nitrogen and oxygen atoms in total. The number of rotatable bonds is 4. The smallest absolute Gasteiger partial charge is 0.435 e. The molecule has 142 valence electrons. The number of nitrogen functional groups attached to an aromatic ring is 1. The summed E-state index contributed by atoms with van der Waals surface area (Å²) in [5, 5.41) is 3.75. The number of anilines is 1. The molecule has 1 aromatic heterocycles. The van der Waals surface area contributed by atoms with Gasteiger partial charge in [0.1, 0.15) is 5.82 Å². The Morgan fingerprint density at radius 1 is 0.963 bits per heavy atom. The third kappa shape index (κ3) is 3.42. The van der Waals surface area contributed by atoms with E-state index in [4.69, 9.17) is 15.2 Å². The molecule has 0 bridgehead atoms. The standard InChI is InChI=1S/C19H18F3N3O2/c1-11-4-7-13(8-5-11)25-18(23)16(17(24-25)19(20,21)22)12-6-9-14(26-2)15(10-12)27-3/h4-10H,23H2,1-3H3. The molecule has 0 saturated carbocycles. The van der Waals surface area contributed by atoms with Crippen LogP contribution >= 0.6 is 0 Å². The van der Waals surface area contributed by atoms with Crippen molar-refractivity contribution in [1.82, 2.24) is 9.78 Å². The summed E-state index contributed by atoms with van der Waals surface area (Å²) in [5.74, 6) is 0.586. The van der Waals surface area contributed by atoms with Gasteiger partial charge in [-0.1, -0.05) is 23.8 Å². The van der Waals surface area contributed by atoms with Gasteiger partial charge in [-0.15, -0.1) is 0 Å². The first-order valence-electron chi connectivity index (χ1n) is 8.01. The van der Waals surface area contributed by atoms with Crippen LogP contribution in [-0.2, 0) is 6.18 Å². The zero-order valence-electron chi connectivity index (χ0n) is 15.0. The number of aryl methyl sites for hydroxylation is 1. The molecule has 0 aliphatic heterocycles. The number of methoxy groups -OCH3 is 2. The van der Waals surface area contributed by atoms with E-state index in [1.165, 1.54) is 32.4 Å². The number of alkyl halides is 3. The van der Waals surface area contributed by atoms with Crippen LogP contribution in [-0.4, -0.2) is 24.0 Å². The van der Waals surface area contributed by atoms with Gasteiger partial charge in [-0.3, -0.25) is 0 Å². The number of nitrogens with two attached hydrogens (primary N) is 1. The van der Waals surface area contributed by atoms with Gasteiger partial charge in [-0.05, 0) is 36.8 Å². The van der Waals surface area contributed by atoms with Crippen LogP contribution in [0.25, 0.3) is 16.8 Å². The Bertz CT molecular complexity index is 964. The lowest BCUT2D eigenvalue weighted by Gasteiger charge is -2.11. The van der Waals surface area contributed by atoms with E-state index in [1.54, 1.807) is 24.3 Å². The van der Waals surface area contributed by atoms with Gasteiger partial charge in [-0.2, -0.15) is 18.3 Å². The van der Waals surface area contributed by atoms with Crippen molar-refractivity contribution in [2.75, 3.05) is 20.0 Å². The van der Waals surface area contributed by atoms with Gasteiger partial charge in [0.25, 0.3) is 0 Å². The van der Waals surface area contributed by atoms with E-state index in [0.29, 0.717) is 17.2 Å². The molecule has 0 radical (unpaired) electrons. The number of aromatic nitrogens is 2. The molecule has 2 aromatic carbocycles. The van der Waals surface area contributed by atoms with Gasteiger partial charge in [0.2, 0.25) is 0 Å².